The summed E-state index contributed by atoms with van der Waals surface area (Å²) in [6.07, 6.45) is 5.87. The first-order valence-corrected chi connectivity index (χ1v) is 9.05. The molecule has 0 radical (unpaired) electrons. The Morgan fingerprint density at radius 1 is 1.33 bits per heavy atom. The van der Waals surface area contributed by atoms with Crippen molar-refractivity contribution >= 4 is 5.97 Å². The van der Waals surface area contributed by atoms with Crippen molar-refractivity contribution in [3.8, 4) is 5.75 Å². The van der Waals surface area contributed by atoms with Gasteiger partial charge in [-0.15, -0.1) is 0 Å². The molecule has 1 saturated heterocycles. The standard InChI is InChI=1S/C20H26O4/c1-22-15-4-5-16-13(11-15)9-10-20-17(7-8-19(21)23-2)14(12-24-20)3-6-18(16)20/h4-5,11,14,17-18H,3,6-10,12H2,1-2H3/t14-,17+,18-,20+/m1/s1. The van der Waals surface area contributed by atoms with E-state index in [2.05, 4.69) is 18.2 Å². The largest absolute Gasteiger partial charge is 0.497 e. The van der Waals surface area contributed by atoms with Crippen molar-refractivity contribution in [2.45, 2.75) is 50.0 Å². The molecule has 1 saturated carbocycles. The van der Waals surface area contributed by atoms with Crippen LogP contribution in [0.2, 0.25) is 0 Å². The summed E-state index contributed by atoms with van der Waals surface area (Å²) < 4.78 is 16.7. The summed E-state index contributed by atoms with van der Waals surface area (Å²) in [5.74, 6) is 2.37. The van der Waals surface area contributed by atoms with E-state index in [1.54, 1.807) is 7.11 Å². The number of carbonyl (C=O) groups is 1. The van der Waals surface area contributed by atoms with Crippen molar-refractivity contribution in [1.29, 1.82) is 0 Å². The molecule has 0 unspecified atom stereocenters. The summed E-state index contributed by atoms with van der Waals surface area (Å²) >= 11 is 0. The maximum absolute atomic E-state index is 11.6. The quantitative estimate of drug-likeness (QED) is 0.793. The first-order valence-electron chi connectivity index (χ1n) is 9.05. The van der Waals surface area contributed by atoms with Gasteiger partial charge < -0.3 is 14.2 Å². The molecule has 2 bridgehead atoms. The molecule has 1 spiro atoms. The highest BCUT2D eigenvalue weighted by Crippen LogP contribution is 2.59. The lowest BCUT2D eigenvalue weighted by Crippen LogP contribution is -2.48. The monoisotopic (exact) mass is 330 g/mol. The Morgan fingerprint density at radius 2 is 2.21 bits per heavy atom. The van der Waals surface area contributed by atoms with Crippen LogP contribution in [0.1, 0.15) is 49.1 Å². The number of hydrogen-bond acceptors (Lipinski definition) is 4. The third kappa shape index (κ3) is 2.34. The Morgan fingerprint density at radius 3 is 3.00 bits per heavy atom. The number of ether oxygens (including phenoxy) is 3. The van der Waals surface area contributed by atoms with Crippen LogP contribution < -0.4 is 4.74 Å². The van der Waals surface area contributed by atoms with E-state index in [1.165, 1.54) is 31.1 Å². The Labute approximate surface area is 143 Å². The molecule has 1 heterocycles. The zero-order valence-electron chi connectivity index (χ0n) is 14.5. The molecule has 4 heteroatoms. The van der Waals surface area contributed by atoms with Crippen LogP contribution in [-0.2, 0) is 20.7 Å². The van der Waals surface area contributed by atoms with E-state index >= 15 is 0 Å². The third-order valence-electron chi connectivity index (χ3n) is 6.58. The van der Waals surface area contributed by atoms with Crippen LogP contribution >= 0.6 is 0 Å². The lowest BCUT2D eigenvalue weighted by molar-refractivity contribution is -0.141. The number of aryl methyl sites for hydroxylation is 1. The molecule has 2 aliphatic carbocycles. The van der Waals surface area contributed by atoms with Crippen molar-refractivity contribution in [3.63, 3.8) is 0 Å². The molecule has 0 aromatic heterocycles. The topological polar surface area (TPSA) is 44.8 Å². The van der Waals surface area contributed by atoms with Gasteiger partial charge in [-0.2, -0.15) is 0 Å². The minimum atomic E-state index is -0.103. The number of esters is 1. The molecule has 2 fully saturated rings. The fraction of sp³-hybridized carbons (Fsp3) is 0.650. The van der Waals surface area contributed by atoms with Gasteiger partial charge in [0, 0.05) is 12.3 Å². The zero-order valence-corrected chi connectivity index (χ0v) is 14.5. The predicted molar refractivity (Wildman–Crippen MR) is 90.2 cm³/mol. The van der Waals surface area contributed by atoms with Gasteiger partial charge in [0.1, 0.15) is 5.75 Å². The van der Waals surface area contributed by atoms with Crippen molar-refractivity contribution in [3.05, 3.63) is 29.3 Å². The second-order valence-corrected chi connectivity index (χ2v) is 7.44. The Kier molecular flexibility index (Phi) is 4.03. The molecular weight excluding hydrogens is 304 g/mol. The highest BCUT2D eigenvalue weighted by Gasteiger charge is 2.58. The zero-order chi connectivity index (χ0) is 16.7. The molecule has 24 heavy (non-hydrogen) atoms. The van der Waals surface area contributed by atoms with Crippen molar-refractivity contribution in [2.75, 3.05) is 20.8 Å². The summed E-state index contributed by atoms with van der Waals surface area (Å²) in [6, 6.07) is 6.49. The summed E-state index contributed by atoms with van der Waals surface area (Å²) in [7, 11) is 3.19. The number of benzene rings is 1. The molecule has 130 valence electrons. The van der Waals surface area contributed by atoms with Crippen molar-refractivity contribution in [1.82, 2.24) is 0 Å². The van der Waals surface area contributed by atoms with Gasteiger partial charge in [-0.25, -0.2) is 0 Å². The van der Waals surface area contributed by atoms with Crippen LogP contribution in [0.15, 0.2) is 18.2 Å². The number of methoxy groups -OCH3 is 2. The maximum atomic E-state index is 11.6. The molecule has 4 nitrogen and oxygen atoms in total. The van der Waals surface area contributed by atoms with Crippen LogP contribution in [0.25, 0.3) is 0 Å². The number of fused-ring (bicyclic) bond motifs is 3. The minimum absolute atomic E-state index is 0.0709. The lowest BCUT2D eigenvalue weighted by Gasteiger charge is -2.49. The van der Waals surface area contributed by atoms with Gasteiger partial charge in [0.2, 0.25) is 0 Å². The van der Waals surface area contributed by atoms with Gasteiger partial charge in [-0.1, -0.05) is 6.07 Å². The molecular formula is C20H26O4. The lowest BCUT2D eigenvalue weighted by atomic mass is 9.58. The van der Waals surface area contributed by atoms with E-state index in [9.17, 15) is 4.79 Å². The molecule has 4 atom stereocenters. The highest BCUT2D eigenvalue weighted by atomic mass is 16.5. The first kappa shape index (κ1) is 15.9. The molecule has 4 rings (SSSR count). The summed E-state index contributed by atoms with van der Waals surface area (Å²) in [5, 5.41) is 0. The average molecular weight is 330 g/mol. The van der Waals surface area contributed by atoms with Gasteiger partial charge in [0.15, 0.2) is 0 Å². The molecule has 3 aliphatic rings. The van der Waals surface area contributed by atoms with Gasteiger partial charge in [-0.3, -0.25) is 4.79 Å². The second kappa shape index (κ2) is 6.07. The Hall–Kier alpha value is -1.55. The van der Waals surface area contributed by atoms with Crippen LogP contribution in [0.5, 0.6) is 5.75 Å². The van der Waals surface area contributed by atoms with Gasteiger partial charge >= 0.3 is 5.97 Å². The smallest absolute Gasteiger partial charge is 0.305 e. The second-order valence-electron chi connectivity index (χ2n) is 7.44. The van der Waals surface area contributed by atoms with Crippen LogP contribution in [0, 0.1) is 11.8 Å². The Bertz CT molecular complexity index is 641. The van der Waals surface area contributed by atoms with Gasteiger partial charge in [0.05, 0.1) is 26.4 Å². The molecule has 1 aliphatic heterocycles. The van der Waals surface area contributed by atoms with Crippen LogP contribution in [-0.4, -0.2) is 32.4 Å². The van der Waals surface area contributed by atoms with E-state index in [0.717, 1.165) is 31.6 Å². The van der Waals surface area contributed by atoms with Crippen LogP contribution in [0.4, 0.5) is 0 Å². The SMILES string of the molecule is COC(=O)CC[C@H]1[C@@H]2CC[C@@H]3c4ccc(OC)cc4CC[C@@]31OC2. The summed E-state index contributed by atoms with van der Waals surface area (Å²) in [6.45, 7) is 0.855. The van der Waals surface area contributed by atoms with E-state index in [0.29, 0.717) is 24.2 Å². The van der Waals surface area contributed by atoms with Gasteiger partial charge in [0.25, 0.3) is 0 Å². The molecule has 0 amide bonds. The third-order valence-corrected chi connectivity index (χ3v) is 6.58. The maximum Gasteiger partial charge on any atom is 0.305 e. The van der Waals surface area contributed by atoms with E-state index in [4.69, 9.17) is 14.2 Å². The number of carbonyl (C=O) groups excluding carboxylic acids is 1. The highest BCUT2D eigenvalue weighted by molar-refractivity contribution is 5.69. The summed E-state index contributed by atoms with van der Waals surface area (Å²) in [5.41, 5.74) is 2.77. The normalized spacial score (nSPS) is 33.5. The molecule has 1 aromatic rings. The Balaban J connectivity index is 1.64. The van der Waals surface area contributed by atoms with Crippen molar-refractivity contribution in [2.24, 2.45) is 11.8 Å². The van der Waals surface area contributed by atoms with E-state index in [1.807, 2.05) is 0 Å². The van der Waals surface area contributed by atoms with Crippen LogP contribution in [0.3, 0.4) is 0 Å². The fourth-order valence-corrected chi connectivity index (χ4v) is 5.45. The van der Waals surface area contributed by atoms with Gasteiger partial charge in [-0.05, 0) is 67.2 Å². The molecule has 0 N–H and O–H groups in total. The molecule has 1 aromatic carbocycles. The number of hydrogen-bond donors (Lipinski definition) is 0. The fourth-order valence-electron chi connectivity index (χ4n) is 5.45. The summed E-state index contributed by atoms with van der Waals surface area (Å²) in [4.78, 5) is 11.6. The van der Waals surface area contributed by atoms with E-state index in [-0.39, 0.29) is 11.6 Å². The minimum Gasteiger partial charge on any atom is -0.497 e. The van der Waals surface area contributed by atoms with E-state index < -0.39 is 0 Å². The van der Waals surface area contributed by atoms with Crippen molar-refractivity contribution < 1.29 is 19.0 Å². The number of rotatable bonds is 4. The average Bonchev–Trinajstić information content (AvgIpc) is 2.84. The first-order chi connectivity index (χ1) is 11.7. The predicted octanol–water partition coefficient (Wildman–Crippen LogP) is 3.47.